The monoisotopic (exact) mass is 416 g/mol. The maximum Gasteiger partial charge on any atom is 0.399 e. The van der Waals surface area contributed by atoms with Crippen molar-refractivity contribution in [3.8, 4) is 0 Å². The van der Waals surface area contributed by atoms with E-state index in [0.29, 0.717) is 16.7 Å². The van der Waals surface area contributed by atoms with Gasteiger partial charge in [-0.05, 0) is 35.2 Å². The Morgan fingerprint density at radius 3 is 1.54 bits per heavy atom. The highest BCUT2D eigenvalue weighted by Gasteiger charge is 2.81. The Morgan fingerprint density at radius 2 is 1.12 bits per heavy atom. The average Bonchev–Trinajstić information content (AvgIpc) is 3.37. The lowest BCUT2D eigenvalue weighted by atomic mass is 9.76. The Morgan fingerprint density at radius 1 is 0.654 bits per heavy atom. The predicted molar refractivity (Wildman–Crippen MR) is 100 cm³/mol. The Labute approximate surface area is 158 Å². The van der Waals surface area contributed by atoms with Gasteiger partial charge in [-0.2, -0.15) is 13.2 Å². The molecular weight excluding hydrogens is 401 g/mol. The van der Waals surface area contributed by atoms with Gasteiger partial charge in [0.2, 0.25) is 0 Å². The SMILES string of the molecule is FC(F)(F)[C@@]1(c2ccc(Br)cc2)CC1(c1ccccc1)c1ccccc1. The topological polar surface area (TPSA) is 0 Å². The van der Waals surface area contributed by atoms with Gasteiger partial charge in [0.05, 0.1) is 0 Å². The molecule has 1 aliphatic carbocycles. The molecule has 0 unspecified atom stereocenters. The van der Waals surface area contributed by atoms with Crippen LogP contribution < -0.4 is 0 Å². The molecule has 1 saturated carbocycles. The van der Waals surface area contributed by atoms with Crippen molar-refractivity contribution in [3.05, 3.63) is 106 Å². The number of halogens is 4. The highest BCUT2D eigenvalue weighted by atomic mass is 79.9. The van der Waals surface area contributed by atoms with Gasteiger partial charge < -0.3 is 0 Å². The molecule has 0 bridgehead atoms. The maximum absolute atomic E-state index is 14.5. The zero-order chi connectivity index (χ0) is 18.4. The van der Waals surface area contributed by atoms with E-state index in [4.69, 9.17) is 0 Å². The zero-order valence-corrected chi connectivity index (χ0v) is 15.4. The number of hydrogen-bond donors (Lipinski definition) is 0. The highest BCUT2D eigenvalue weighted by Crippen LogP contribution is 2.74. The first kappa shape index (κ1) is 17.3. The summed E-state index contributed by atoms with van der Waals surface area (Å²) in [6, 6.07) is 24.7. The molecule has 132 valence electrons. The summed E-state index contributed by atoms with van der Waals surface area (Å²) in [7, 11) is 0. The van der Waals surface area contributed by atoms with Crippen molar-refractivity contribution < 1.29 is 13.2 Å². The van der Waals surface area contributed by atoms with Gasteiger partial charge in [-0.3, -0.25) is 0 Å². The number of alkyl halides is 3. The summed E-state index contributed by atoms with van der Waals surface area (Å²) in [6.45, 7) is 0. The number of benzene rings is 3. The summed E-state index contributed by atoms with van der Waals surface area (Å²) in [6.07, 6.45) is -4.36. The summed E-state index contributed by atoms with van der Waals surface area (Å²) >= 11 is 3.32. The fourth-order valence-electron chi connectivity index (χ4n) is 4.25. The summed E-state index contributed by atoms with van der Waals surface area (Å²) in [5.74, 6) is 0. The van der Waals surface area contributed by atoms with Crippen LogP contribution in [0.3, 0.4) is 0 Å². The molecule has 1 atom stereocenters. The molecule has 26 heavy (non-hydrogen) atoms. The van der Waals surface area contributed by atoms with Gasteiger partial charge in [-0.1, -0.05) is 88.7 Å². The van der Waals surface area contributed by atoms with Crippen LogP contribution in [-0.4, -0.2) is 6.18 Å². The highest BCUT2D eigenvalue weighted by molar-refractivity contribution is 9.10. The van der Waals surface area contributed by atoms with Gasteiger partial charge >= 0.3 is 6.18 Å². The Kier molecular flexibility index (Phi) is 3.99. The zero-order valence-electron chi connectivity index (χ0n) is 13.8. The van der Waals surface area contributed by atoms with Gasteiger partial charge in [0.1, 0.15) is 5.41 Å². The molecule has 0 amide bonds. The third-order valence-electron chi connectivity index (χ3n) is 5.49. The minimum absolute atomic E-state index is 0.0131. The van der Waals surface area contributed by atoms with Crippen LogP contribution in [0.15, 0.2) is 89.4 Å². The van der Waals surface area contributed by atoms with Crippen LogP contribution in [0.2, 0.25) is 0 Å². The fraction of sp³-hybridized carbons (Fsp3) is 0.182. The van der Waals surface area contributed by atoms with E-state index in [2.05, 4.69) is 15.9 Å². The van der Waals surface area contributed by atoms with Crippen molar-refractivity contribution in [3.63, 3.8) is 0 Å². The van der Waals surface area contributed by atoms with E-state index in [9.17, 15) is 13.2 Å². The van der Waals surface area contributed by atoms with Crippen LogP contribution in [-0.2, 0) is 10.8 Å². The van der Waals surface area contributed by atoms with Crippen molar-refractivity contribution in [2.24, 2.45) is 0 Å². The number of hydrogen-bond acceptors (Lipinski definition) is 0. The smallest absolute Gasteiger partial charge is 0.170 e. The van der Waals surface area contributed by atoms with E-state index >= 15 is 0 Å². The Hall–Kier alpha value is -2.07. The molecule has 0 aromatic heterocycles. The summed E-state index contributed by atoms with van der Waals surface area (Å²) < 4.78 is 44.4. The molecule has 1 fully saturated rings. The molecular formula is C22H16BrF3. The van der Waals surface area contributed by atoms with Crippen LogP contribution >= 0.6 is 15.9 Å². The second-order valence-corrected chi connectivity index (χ2v) is 7.64. The van der Waals surface area contributed by atoms with Gasteiger partial charge in [0.15, 0.2) is 0 Å². The van der Waals surface area contributed by atoms with Gasteiger partial charge in [-0.15, -0.1) is 0 Å². The van der Waals surface area contributed by atoms with Gasteiger partial charge in [0, 0.05) is 9.89 Å². The molecule has 3 aromatic rings. The third-order valence-corrected chi connectivity index (χ3v) is 6.02. The van der Waals surface area contributed by atoms with Crippen LogP contribution in [0.1, 0.15) is 23.1 Å². The van der Waals surface area contributed by atoms with Crippen LogP contribution in [0, 0.1) is 0 Å². The molecule has 0 spiro atoms. The normalized spacial score (nSPS) is 21.4. The first-order chi connectivity index (χ1) is 12.4. The van der Waals surface area contributed by atoms with E-state index in [1.807, 2.05) is 12.1 Å². The summed E-state index contributed by atoms with van der Waals surface area (Å²) in [5.41, 5.74) is -1.33. The van der Waals surface area contributed by atoms with E-state index in [1.165, 1.54) is 0 Å². The van der Waals surface area contributed by atoms with E-state index in [1.54, 1.807) is 72.8 Å². The quantitative estimate of drug-likeness (QED) is 0.448. The summed E-state index contributed by atoms with van der Waals surface area (Å²) in [4.78, 5) is 0. The molecule has 0 heterocycles. The van der Waals surface area contributed by atoms with Crippen molar-refractivity contribution in [2.75, 3.05) is 0 Å². The Bertz CT molecular complexity index is 862. The second-order valence-electron chi connectivity index (χ2n) is 6.72. The van der Waals surface area contributed by atoms with Crippen LogP contribution in [0.25, 0.3) is 0 Å². The minimum Gasteiger partial charge on any atom is -0.170 e. The first-order valence-corrected chi connectivity index (χ1v) is 9.15. The van der Waals surface area contributed by atoms with E-state index in [0.717, 1.165) is 4.47 Å². The van der Waals surface area contributed by atoms with Crippen LogP contribution in [0.5, 0.6) is 0 Å². The van der Waals surface area contributed by atoms with Crippen LogP contribution in [0.4, 0.5) is 13.2 Å². The lowest BCUT2D eigenvalue weighted by Gasteiger charge is -2.30. The molecule has 4 rings (SSSR count). The molecule has 0 aliphatic heterocycles. The van der Waals surface area contributed by atoms with Gasteiger partial charge in [0.25, 0.3) is 0 Å². The molecule has 0 N–H and O–H groups in total. The fourth-order valence-corrected chi connectivity index (χ4v) is 4.52. The van der Waals surface area contributed by atoms with E-state index in [-0.39, 0.29) is 6.42 Å². The lowest BCUT2D eigenvalue weighted by Crippen LogP contribution is -2.37. The van der Waals surface area contributed by atoms with Crippen molar-refractivity contribution >= 4 is 15.9 Å². The first-order valence-electron chi connectivity index (χ1n) is 8.36. The standard InChI is InChI=1S/C22H16BrF3/c23-19-13-11-18(12-14-19)21(22(24,25)26)15-20(21,16-7-3-1-4-8-16)17-9-5-2-6-10-17/h1-14H,15H2/t21-/m1/s1. The second kappa shape index (κ2) is 5.98. The molecule has 3 aromatic carbocycles. The van der Waals surface area contributed by atoms with Crippen molar-refractivity contribution in [1.82, 2.24) is 0 Å². The molecule has 4 heteroatoms. The number of rotatable bonds is 3. The molecule has 1 aliphatic rings. The van der Waals surface area contributed by atoms with Crippen molar-refractivity contribution in [1.29, 1.82) is 0 Å². The summed E-state index contributed by atoms with van der Waals surface area (Å²) in [5, 5.41) is 0. The molecule has 0 saturated heterocycles. The lowest BCUT2D eigenvalue weighted by molar-refractivity contribution is -0.165. The largest absolute Gasteiger partial charge is 0.399 e. The molecule has 0 radical (unpaired) electrons. The van der Waals surface area contributed by atoms with E-state index < -0.39 is 17.0 Å². The predicted octanol–water partition coefficient (Wildman–Crippen LogP) is 6.64. The minimum atomic E-state index is -4.37. The molecule has 0 nitrogen and oxygen atoms in total. The van der Waals surface area contributed by atoms with Gasteiger partial charge in [-0.25, -0.2) is 0 Å². The third kappa shape index (κ3) is 2.35. The Balaban J connectivity index is 2.00. The average molecular weight is 417 g/mol. The van der Waals surface area contributed by atoms with Crippen molar-refractivity contribution in [2.45, 2.75) is 23.4 Å². The maximum atomic E-state index is 14.5.